The Kier molecular flexibility index (Phi) is 9.18. The molecule has 0 saturated heterocycles. The van der Waals surface area contributed by atoms with E-state index in [-0.39, 0.29) is 19.1 Å². The van der Waals surface area contributed by atoms with E-state index in [9.17, 15) is 14.4 Å². The SMILES string of the molecule is CCc1ccc(Oc2ccc(C(=O)NCCCOC(=O)NCC(=O)OC)cc2)cc1. The Balaban J connectivity index is 1.68. The Hall–Kier alpha value is -3.55. The highest BCUT2D eigenvalue weighted by molar-refractivity contribution is 5.94. The van der Waals surface area contributed by atoms with E-state index in [0.29, 0.717) is 24.3 Å². The van der Waals surface area contributed by atoms with Gasteiger partial charge in [0.25, 0.3) is 5.91 Å². The van der Waals surface area contributed by atoms with Gasteiger partial charge in [0.1, 0.15) is 18.0 Å². The first-order chi connectivity index (χ1) is 14.5. The Morgan fingerprint density at radius 2 is 1.53 bits per heavy atom. The summed E-state index contributed by atoms with van der Waals surface area (Å²) in [5.41, 5.74) is 1.74. The fourth-order valence-electron chi connectivity index (χ4n) is 2.41. The number of ether oxygens (including phenoxy) is 3. The van der Waals surface area contributed by atoms with Crippen LogP contribution in [0.25, 0.3) is 0 Å². The highest BCUT2D eigenvalue weighted by Crippen LogP contribution is 2.22. The standard InChI is InChI=1S/C22H26N2O6/c1-3-16-5-9-18(10-6-16)30-19-11-7-17(8-12-19)21(26)23-13-4-14-29-22(27)24-15-20(25)28-2/h5-12H,3-4,13-15H2,1-2H3,(H,23,26)(H,24,27). The molecule has 2 amide bonds. The molecule has 2 rings (SSSR count). The predicted octanol–water partition coefficient (Wildman–Crippen LogP) is 3.06. The molecule has 8 heteroatoms. The van der Waals surface area contributed by atoms with Crippen LogP contribution in [0.4, 0.5) is 4.79 Å². The van der Waals surface area contributed by atoms with Gasteiger partial charge < -0.3 is 24.8 Å². The molecule has 0 unspecified atom stereocenters. The largest absolute Gasteiger partial charge is 0.468 e. The second-order valence-electron chi connectivity index (χ2n) is 6.30. The van der Waals surface area contributed by atoms with Crippen molar-refractivity contribution in [3.63, 3.8) is 0 Å². The molecular formula is C22H26N2O6. The van der Waals surface area contributed by atoms with Crippen LogP contribution in [0.1, 0.15) is 29.3 Å². The van der Waals surface area contributed by atoms with Crippen LogP contribution in [0, 0.1) is 0 Å². The van der Waals surface area contributed by atoms with Gasteiger partial charge in [-0.2, -0.15) is 0 Å². The minimum absolute atomic E-state index is 0.108. The summed E-state index contributed by atoms with van der Waals surface area (Å²) < 4.78 is 15.1. The lowest BCUT2D eigenvalue weighted by Gasteiger charge is -2.09. The molecule has 8 nitrogen and oxygen atoms in total. The first kappa shape index (κ1) is 22.7. The molecule has 0 aromatic heterocycles. The molecule has 0 atom stereocenters. The highest BCUT2D eigenvalue weighted by atomic mass is 16.6. The first-order valence-corrected chi connectivity index (χ1v) is 9.64. The van der Waals surface area contributed by atoms with Crippen molar-refractivity contribution < 1.29 is 28.6 Å². The van der Waals surface area contributed by atoms with Gasteiger partial charge in [-0.3, -0.25) is 9.59 Å². The Morgan fingerprint density at radius 3 is 2.13 bits per heavy atom. The van der Waals surface area contributed by atoms with Crippen molar-refractivity contribution in [3.05, 3.63) is 59.7 Å². The second kappa shape index (κ2) is 12.1. The normalized spacial score (nSPS) is 10.1. The van der Waals surface area contributed by atoms with Gasteiger partial charge in [-0.1, -0.05) is 19.1 Å². The fraction of sp³-hybridized carbons (Fsp3) is 0.318. The number of carbonyl (C=O) groups is 3. The third-order valence-electron chi connectivity index (χ3n) is 4.13. The van der Waals surface area contributed by atoms with Crippen molar-refractivity contribution in [2.45, 2.75) is 19.8 Å². The third kappa shape index (κ3) is 7.83. The van der Waals surface area contributed by atoms with Gasteiger partial charge >= 0.3 is 12.1 Å². The van der Waals surface area contributed by atoms with Crippen molar-refractivity contribution in [2.75, 3.05) is 26.8 Å². The number of aryl methyl sites for hydroxylation is 1. The zero-order valence-electron chi connectivity index (χ0n) is 17.1. The van der Waals surface area contributed by atoms with Crippen molar-refractivity contribution in [1.82, 2.24) is 10.6 Å². The molecule has 0 saturated carbocycles. The molecule has 0 aliphatic heterocycles. The maximum absolute atomic E-state index is 12.2. The summed E-state index contributed by atoms with van der Waals surface area (Å²) in [5, 5.41) is 5.00. The number of rotatable bonds is 10. The summed E-state index contributed by atoms with van der Waals surface area (Å²) >= 11 is 0. The summed E-state index contributed by atoms with van der Waals surface area (Å²) in [5.74, 6) is 0.580. The smallest absolute Gasteiger partial charge is 0.407 e. The second-order valence-corrected chi connectivity index (χ2v) is 6.30. The number of carbonyl (C=O) groups excluding carboxylic acids is 3. The van der Waals surface area contributed by atoms with Crippen LogP contribution in [0.5, 0.6) is 11.5 Å². The first-order valence-electron chi connectivity index (χ1n) is 9.64. The number of nitrogens with one attached hydrogen (secondary N) is 2. The monoisotopic (exact) mass is 414 g/mol. The summed E-state index contributed by atoms with van der Waals surface area (Å²) in [7, 11) is 1.23. The van der Waals surface area contributed by atoms with Crippen LogP contribution in [-0.4, -0.2) is 44.8 Å². The number of amides is 2. The molecule has 2 aromatic rings. The van der Waals surface area contributed by atoms with Gasteiger partial charge in [-0.05, 0) is 54.8 Å². The number of methoxy groups -OCH3 is 1. The summed E-state index contributed by atoms with van der Waals surface area (Å²) in [4.78, 5) is 34.4. The van der Waals surface area contributed by atoms with Gasteiger partial charge in [0.05, 0.1) is 13.7 Å². The molecule has 2 aromatic carbocycles. The summed E-state index contributed by atoms with van der Waals surface area (Å²) in [6.07, 6.45) is 0.692. The maximum Gasteiger partial charge on any atom is 0.407 e. The number of alkyl carbamates (subject to hydrolysis) is 1. The molecule has 0 heterocycles. The molecule has 0 fully saturated rings. The minimum atomic E-state index is -0.716. The maximum atomic E-state index is 12.2. The Bertz CT molecular complexity index is 834. The zero-order valence-corrected chi connectivity index (χ0v) is 17.1. The number of hydrogen-bond donors (Lipinski definition) is 2. The minimum Gasteiger partial charge on any atom is -0.468 e. The average Bonchev–Trinajstić information content (AvgIpc) is 2.78. The Morgan fingerprint density at radius 1 is 0.900 bits per heavy atom. The van der Waals surface area contributed by atoms with E-state index in [1.807, 2.05) is 24.3 Å². The van der Waals surface area contributed by atoms with Crippen LogP contribution in [0.2, 0.25) is 0 Å². The summed E-state index contributed by atoms with van der Waals surface area (Å²) in [6, 6.07) is 14.7. The van der Waals surface area contributed by atoms with Crippen LogP contribution in [0.15, 0.2) is 48.5 Å². The van der Waals surface area contributed by atoms with Crippen LogP contribution in [-0.2, 0) is 20.7 Å². The van der Waals surface area contributed by atoms with E-state index < -0.39 is 12.1 Å². The highest BCUT2D eigenvalue weighted by Gasteiger charge is 2.07. The molecule has 0 aliphatic rings. The molecule has 0 radical (unpaired) electrons. The molecule has 160 valence electrons. The van der Waals surface area contributed by atoms with Gasteiger partial charge in [-0.15, -0.1) is 0 Å². The van der Waals surface area contributed by atoms with Gasteiger partial charge in [0.2, 0.25) is 0 Å². The molecule has 2 N–H and O–H groups in total. The lowest BCUT2D eigenvalue weighted by atomic mass is 10.2. The molecule has 0 spiro atoms. The predicted molar refractivity (Wildman–Crippen MR) is 111 cm³/mol. The van der Waals surface area contributed by atoms with E-state index in [1.54, 1.807) is 24.3 Å². The lowest BCUT2D eigenvalue weighted by Crippen LogP contribution is -2.31. The van der Waals surface area contributed by atoms with Crippen LogP contribution in [0.3, 0.4) is 0 Å². The third-order valence-corrected chi connectivity index (χ3v) is 4.13. The molecule has 0 aliphatic carbocycles. The lowest BCUT2D eigenvalue weighted by molar-refractivity contribution is -0.139. The van der Waals surface area contributed by atoms with E-state index >= 15 is 0 Å². The Labute approximate surface area is 175 Å². The van der Waals surface area contributed by atoms with Crippen molar-refractivity contribution in [3.8, 4) is 11.5 Å². The number of esters is 1. The topological polar surface area (TPSA) is 103 Å². The van der Waals surface area contributed by atoms with E-state index in [2.05, 4.69) is 22.3 Å². The van der Waals surface area contributed by atoms with Gasteiger partial charge in [0, 0.05) is 12.1 Å². The van der Waals surface area contributed by atoms with Gasteiger partial charge in [0.15, 0.2) is 0 Å². The van der Waals surface area contributed by atoms with Crippen LogP contribution >= 0.6 is 0 Å². The zero-order chi connectivity index (χ0) is 21.8. The van der Waals surface area contributed by atoms with Crippen molar-refractivity contribution in [2.24, 2.45) is 0 Å². The van der Waals surface area contributed by atoms with Crippen molar-refractivity contribution in [1.29, 1.82) is 0 Å². The quantitative estimate of drug-likeness (QED) is 0.458. The summed E-state index contributed by atoms with van der Waals surface area (Å²) in [6.45, 7) is 2.29. The molecule has 0 bridgehead atoms. The van der Waals surface area contributed by atoms with Crippen LogP contribution < -0.4 is 15.4 Å². The number of benzene rings is 2. The van der Waals surface area contributed by atoms with E-state index in [0.717, 1.165) is 12.2 Å². The average molecular weight is 414 g/mol. The number of hydrogen-bond acceptors (Lipinski definition) is 6. The van der Waals surface area contributed by atoms with Gasteiger partial charge in [-0.25, -0.2) is 4.79 Å². The molecule has 30 heavy (non-hydrogen) atoms. The van der Waals surface area contributed by atoms with E-state index in [4.69, 9.17) is 9.47 Å². The van der Waals surface area contributed by atoms with Crippen molar-refractivity contribution >= 4 is 18.0 Å². The molecular weight excluding hydrogens is 388 g/mol. The van der Waals surface area contributed by atoms with E-state index in [1.165, 1.54) is 12.7 Å². The fourth-order valence-corrected chi connectivity index (χ4v) is 2.41.